The summed E-state index contributed by atoms with van der Waals surface area (Å²) < 4.78 is 26.0. The van der Waals surface area contributed by atoms with Crippen LogP contribution in [-0.2, 0) is 11.3 Å². The monoisotopic (exact) mass is 404 g/mol. The predicted molar refractivity (Wildman–Crippen MR) is 100.0 cm³/mol. The highest BCUT2D eigenvalue weighted by Crippen LogP contribution is 2.31. The van der Waals surface area contributed by atoms with E-state index >= 15 is 0 Å². The van der Waals surface area contributed by atoms with E-state index < -0.39 is 5.97 Å². The second kappa shape index (κ2) is 8.62. The van der Waals surface area contributed by atoms with Gasteiger partial charge in [0, 0.05) is 10.6 Å². The first-order valence-electron chi connectivity index (χ1n) is 8.11. The molecule has 0 unspecified atom stereocenters. The zero-order chi connectivity index (χ0) is 20.1. The van der Waals surface area contributed by atoms with Crippen molar-refractivity contribution in [2.45, 2.75) is 6.61 Å². The Kier molecular flexibility index (Phi) is 6.00. The van der Waals surface area contributed by atoms with Crippen LogP contribution in [0.4, 0.5) is 0 Å². The lowest BCUT2D eigenvalue weighted by Gasteiger charge is -2.08. The van der Waals surface area contributed by atoms with Gasteiger partial charge in [-0.1, -0.05) is 16.8 Å². The van der Waals surface area contributed by atoms with E-state index in [2.05, 4.69) is 10.1 Å². The van der Waals surface area contributed by atoms with Gasteiger partial charge in [-0.15, -0.1) is 0 Å². The number of nitrogens with zero attached hydrogens (tertiary/aromatic N) is 2. The molecule has 1 aromatic heterocycles. The Balaban J connectivity index is 1.72. The summed E-state index contributed by atoms with van der Waals surface area (Å²) in [6.07, 6.45) is 0. The molecule has 0 saturated heterocycles. The Hall–Kier alpha value is -3.26. The molecule has 0 amide bonds. The number of rotatable bonds is 7. The van der Waals surface area contributed by atoms with Gasteiger partial charge in [-0.3, -0.25) is 0 Å². The van der Waals surface area contributed by atoms with E-state index in [1.165, 1.54) is 20.3 Å². The number of aromatic nitrogens is 2. The van der Waals surface area contributed by atoms with Crippen LogP contribution in [0.2, 0.25) is 5.02 Å². The fourth-order valence-corrected chi connectivity index (χ4v) is 2.62. The lowest BCUT2D eigenvalue weighted by atomic mass is 10.2. The zero-order valence-electron chi connectivity index (χ0n) is 15.4. The maximum absolute atomic E-state index is 12.3. The summed E-state index contributed by atoms with van der Waals surface area (Å²) in [4.78, 5) is 16.5. The largest absolute Gasteiger partial charge is 0.496 e. The molecule has 0 atom stereocenters. The number of halogens is 1. The summed E-state index contributed by atoms with van der Waals surface area (Å²) in [5, 5.41) is 4.29. The Morgan fingerprint density at radius 2 is 1.71 bits per heavy atom. The van der Waals surface area contributed by atoms with Crippen LogP contribution in [0.1, 0.15) is 16.2 Å². The van der Waals surface area contributed by atoms with Crippen molar-refractivity contribution in [2.24, 2.45) is 0 Å². The molecule has 3 rings (SSSR count). The molecule has 0 N–H and O–H groups in total. The third-order valence-corrected chi connectivity index (χ3v) is 4.05. The number of carbonyl (C=O) groups excluding carboxylic acids is 1. The van der Waals surface area contributed by atoms with Gasteiger partial charge in [-0.05, 0) is 36.4 Å². The number of benzene rings is 2. The number of esters is 1. The normalized spacial score (nSPS) is 10.4. The molecule has 0 bridgehead atoms. The topological polar surface area (TPSA) is 92.9 Å². The molecule has 0 radical (unpaired) electrons. The summed E-state index contributed by atoms with van der Waals surface area (Å²) in [5.41, 5.74) is 0.866. The zero-order valence-corrected chi connectivity index (χ0v) is 16.1. The third kappa shape index (κ3) is 4.17. The van der Waals surface area contributed by atoms with Crippen molar-refractivity contribution >= 4 is 17.6 Å². The van der Waals surface area contributed by atoms with Crippen LogP contribution in [0.25, 0.3) is 11.4 Å². The molecule has 9 heteroatoms. The van der Waals surface area contributed by atoms with Gasteiger partial charge in [0.25, 0.3) is 5.89 Å². The second-order valence-corrected chi connectivity index (χ2v) is 5.94. The molecular formula is C19H17ClN2O6. The van der Waals surface area contributed by atoms with Crippen molar-refractivity contribution in [2.75, 3.05) is 21.3 Å². The van der Waals surface area contributed by atoms with Crippen LogP contribution in [0, 0.1) is 0 Å². The van der Waals surface area contributed by atoms with Gasteiger partial charge >= 0.3 is 5.97 Å². The summed E-state index contributed by atoms with van der Waals surface area (Å²) >= 11 is 5.93. The van der Waals surface area contributed by atoms with Gasteiger partial charge in [0.05, 0.1) is 21.3 Å². The van der Waals surface area contributed by atoms with Gasteiger partial charge in [0.15, 0.2) is 18.1 Å². The van der Waals surface area contributed by atoms with Crippen molar-refractivity contribution in [1.29, 1.82) is 0 Å². The van der Waals surface area contributed by atoms with Gasteiger partial charge in [-0.25, -0.2) is 4.79 Å². The maximum Gasteiger partial charge on any atom is 0.342 e. The molecule has 2 aromatic carbocycles. The standard InChI is InChI=1S/C19H17ClN2O6/c1-24-14-7-5-12(20)9-13(14)19(23)27-10-17-21-18(22-28-17)11-4-6-15(25-2)16(8-11)26-3/h4-9H,10H2,1-3H3. The lowest BCUT2D eigenvalue weighted by molar-refractivity contribution is 0.0426. The predicted octanol–water partition coefficient (Wildman–Crippen LogP) is 3.77. The lowest BCUT2D eigenvalue weighted by Crippen LogP contribution is -2.07. The summed E-state index contributed by atoms with van der Waals surface area (Å²) in [5.74, 6) is 1.31. The molecule has 0 aliphatic carbocycles. The Bertz CT molecular complexity index is 988. The van der Waals surface area contributed by atoms with E-state index in [4.69, 9.17) is 35.1 Å². The first-order valence-corrected chi connectivity index (χ1v) is 8.49. The van der Waals surface area contributed by atoms with Crippen molar-refractivity contribution in [3.8, 4) is 28.6 Å². The van der Waals surface area contributed by atoms with E-state index in [-0.39, 0.29) is 18.1 Å². The van der Waals surface area contributed by atoms with Gasteiger partial charge in [0.2, 0.25) is 5.82 Å². The van der Waals surface area contributed by atoms with Gasteiger partial charge in [-0.2, -0.15) is 4.98 Å². The van der Waals surface area contributed by atoms with E-state index in [0.717, 1.165) is 0 Å². The number of carbonyl (C=O) groups is 1. The van der Waals surface area contributed by atoms with Crippen LogP contribution >= 0.6 is 11.6 Å². The molecule has 0 saturated carbocycles. The number of hydrogen-bond donors (Lipinski definition) is 0. The highest BCUT2D eigenvalue weighted by atomic mass is 35.5. The molecule has 1 heterocycles. The SMILES string of the molecule is COc1ccc(-c2noc(COC(=O)c3cc(Cl)ccc3OC)n2)cc1OC. The van der Waals surface area contributed by atoms with Crippen molar-refractivity contribution < 1.29 is 28.3 Å². The molecule has 0 aliphatic heterocycles. The van der Waals surface area contributed by atoms with Crippen molar-refractivity contribution in [3.05, 3.63) is 52.9 Å². The quantitative estimate of drug-likeness (QED) is 0.549. The molecule has 146 valence electrons. The van der Waals surface area contributed by atoms with Gasteiger partial charge in [0.1, 0.15) is 11.3 Å². The summed E-state index contributed by atoms with van der Waals surface area (Å²) in [6.45, 7) is -0.200. The van der Waals surface area contributed by atoms with Crippen LogP contribution in [0.15, 0.2) is 40.9 Å². The molecule has 8 nitrogen and oxygen atoms in total. The van der Waals surface area contributed by atoms with Crippen LogP contribution in [-0.4, -0.2) is 37.4 Å². The van der Waals surface area contributed by atoms with Crippen molar-refractivity contribution in [3.63, 3.8) is 0 Å². The minimum Gasteiger partial charge on any atom is -0.496 e. The van der Waals surface area contributed by atoms with Gasteiger partial charge < -0.3 is 23.5 Å². The highest BCUT2D eigenvalue weighted by Gasteiger charge is 2.17. The first-order chi connectivity index (χ1) is 13.5. The summed E-state index contributed by atoms with van der Waals surface area (Å²) in [6, 6.07) is 9.88. The van der Waals surface area contributed by atoms with Crippen LogP contribution < -0.4 is 14.2 Å². The minimum atomic E-state index is -0.620. The average Bonchev–Trinajstić information content (AvgIpc) is 3.20. The molecular weight excluding hydrogens is 388 g/mol. The summed E-state index contributed by atoms with van der Waals surface area (Å²) in [7, 11) is 4.54. The Morgan fingerprint density at radius 1 is 1.00 bits per heavy atom. The van der Waals surface area contributed by atoms with Crippen LogP contribution in [0.5, 0.6) is 17.2 Å². The average molecular weight is 405 g/mol. The minimum absolute atomic E-state index is 0.138. The van der Waals surface area contributed by atoms with E-state index in [1.807, 2.05) is 0 Å². The van der Waals surface area contributed by atoms with E-state index in [0.29, 0.717) is 33.7 Å². The molecule has 28 heavy (non-hydrogen) atoms. The first kappa shape index (κ1) is 19.5. The number of hydrogen-bond acceptors (Lipinski definition) is 8. The fourth-order valence-electron chi connectivity index (χ4n) is 2.45. The molecule has 3 aromatic rings. The number of methoxy groups -OCH3 is 3. The van der Waals surface area contributed by atoms with Crippen LogP contribution in [0.3, 0.4) is 0 Å². The molecule has 0 spiro atoms. The molecule has 0 fully saturated rings. The smallest absolute Gasteiger partial charge is 0.342 e. The van der Waals surface area contributed by atoms with E-state index in [1.54, 1.807) is 37.4 Å². The Labute approximate surface area is 165 Å². The second-order valence-electron chi connectivity index (χ2n) is 5.50. The number of ether oxygens (including phenoxy) is 4. The Morgan fingerprint density at radius 3 is 2.43 bits per heavy atom. The fraction of sp³-hybridized carbons (Fsp3) is 0.211. The van der Waals surface area contributed by atoms with E-state index in [9.17, 15) is 4.79 Å². The van der Waals surface area contributed by atoms with Crippen molar-refractivity contribution in [1.82, 2.24) is 10.1 Å². The highest BCUT2D eigenvalue weighted by molar-refractivity contribution is 6.31. The third-order valence-electron chi connectivity index (χ3n) is 3.82. The molecule has 0 aliphatic rings. The maximum atomic E-state index is 12.3.